The number of halogens is 1. The van der Waals surface area contributed by atoms with Crippen LogP contribution in [0.4, 0.5) is 16.3 Å². The lowest BCUT2D eigenvalue weighted by molar-refractivity contribution is 0.0126. The number of aromatic nitrogens is 4. The van der Waals surface area contributed by atoms with E-state index in [1.807, 2.05) is 68.6 Å². The number of rotatable bonds is 5. The van der Waals surface area contributed by atoms with Gasteiger partial charge in [0.15, 0.2) is 0 Å². The van der Waals surface area contributed by atoms with E-state index in [1.54, 1.807) is 11.2 Å². The zero-order valence-electron chi connectivity index (χ0n) is 24.1. The Labute approximate surface area is 249 Å². The zero-order chi connectivity index (χ0) is 29.4. The molecule has 1 aliphatic heterocycles. The quantitative estimate of drug-likeness (QED) is 0.217. The Bertz CT molecular complexity index is 1740. The van der Waals surface area contributed by atoms with Gasteiger partial charge in [0.2, 0.25) is 0 Å². The van der Waals surface area contributed by atoms with Gasteiger partial charge >= 0.3 is 6.09 Å². The number of likely N-dealkylation sites (tertiary alicyclic amines) is 1. The number of hydrogen-bond acceptors (Lipinski definition) is 7. The van der Waals surface area contributed by atoms with E-state index in [2.05, 4.69) is 45.4 Å². The Morgan fingerprint density at radius 2 is 1.76 bits per heavy atom. The molecule has 0 bridgehead atoms. The number of benzene rings is 3. The number of hydrogen-bond donors (Lipinski definition) is 0. The van der Waals surface area contributed by atoms with Crippen LogP contribution in [0.25, 0.3) is 27.8 Å². The van der Waals surface area contributed by atoms with Crippen LogP contribution in [0, 0.1) is 0 Å². The Balaban J connectivity index is 1.16. The van der Waals surface area contributed by atoms with Crippen molar-refractivity contribution in [3.63, 3.8) is 0 Å². The lowest BCUT2D eigenvalue weighted by Crippen LogP contribution is -2.44. The Morgan fingerprint density at radius 1 is 1.00 bits per heavy atom. The number of amides is 1. The summed E-state index contributed by atoms with van der Waals surface area (Å²) in [6.07, 6.45) is 2.98. The van der Waals surface area contributed by atoms with E-state index >= 15 is 0 Å². The maximum Gasteiger partial charge on any atom is 0.410 e. The zero-order valence-corrected chi connectivity index (χ0v) is 24.9. The van der Waals surface area contributed by atoms with Gasteiger partial charge in [-0.2, -0.15) is 4.98 Å². The van der Waals surface area contributed by atoms with E-state index in [0.29, 0.717) is 23.9 Å². The Hall–Kier alpha value is -4.37. The van der Waals surface area contributed by atoms with Gasteiger partial charge in [-0.25, -0.2) is 4.79 Å². The molecule has 2 aromatic heterocycles. The van der Waals surface area contributed by atoms with Crippen molar-refractivity contribution in [2.24, 2.45) is 0 Å². The van der Waals surface area contributed by atoms with Crippen molar-refractivity contribution in [1.29, 1.82) is 0 Å². The lowest BCUT2D eigenvalue weighted by atomic mass is 10.0. The normalized spacial score (nSPS) is 14.4. The number of carbonyl (C=O) groups is 1. The van der Waals surface area contributed by atoms with Crippen molar-refractivity contribution in [3.8, 4) is 16.9 Å². The second-order valence-electron chi connectivity index (χ2n) is 11.5. The van der Waals surface area contributed by atoms with Crippen LogP contribution in [0.3, 0.4) is 0 Å². The van der Waals surface area contributed by atoms with Crippen molar-refractivity contribution >= 4 is 45.9 Å². The molecule has 3 aromatic carbocycles. The van der Waals surface area contributed by atoms with Crippen LogP contribution >= 0.6 is 11.6 Å². The van der Waals surface area contributed by atoms with E-state index in [1.165, 1.54) is 0 Å². The van der Waals surface area contributed by atoms with Crippen molar-refractivity contribution in [3.05, 3.63) is 78.1 Å². The second kappa shape index (κ2) is 11.1. The van der Waals surface area contributed by atoms with E-state index in [-0.39, 0.29) is 12.2 Å². The third-order valence-electron chi connectivity index (χ3n) is 7.33. The molecule has 0 aliphatic carbocycles. The number of anilines is 2. The third-order valence-corrected chi connectivity index (χ3v) is 7.57. The van der Waals surface area contributed by atoms with Gasteiger partial charge in [0.05, 0.1) is 5.52 Å². The van der Waals surface area contributed by atoms with Crippen LogP contribution in [0.5, 0.6) is 5.75 Å². The predicted molar refractivity (Wildman–Crippen MR) is 165 cm³/mol. The summed E-state index contributed by atoms with van der Waals surface area (Å²) in [5, 5.41) is 9.78. The van der Waals surface area contributed by atoms with Crippen LogP contribution in [0.15, 0.2) is 73.1 Å². The molecule has 1 amide bonds. The number of nitrogens with zero attached hydrogens (tertiary/aromatic N) is 6. The molecular weight excluding hydrogens is 552 g/mol. The Kier molecular flexibility index (Phi) is 7.36. The highest BCUT2D eigenvalue weighted by atomic mass is 35.5. The van der Waals surface area contributed by atoms with E-state index in [0.717, 1.165) is 52.1 Å². The fraction of sp³-hybridized carbons (Fsp3) is 0.312. The monoisotopic (exact) mass is 584 g/mol. The number of carbonyl (C=O) groups excluding carboxylic acids is 1. The third kappa shape index (κ3) is 5.83. The van der Waals surface area contributed by atoms with Gasteiger partial charge in [-0.1, -0.05) is 35.9 Å². The fourth-order valence-electron chi connectivity index (χ4n) is 5.20. The standard InChI is InChI=1S/C32H33ClN6O3/c1-32(2,3)42-31(40)38-16-14-26(15-17-38)41-25-11-8-21(9-12-25)22-6-5-7-24(18-22)37(4)29-27-13-10-23(33)19-28(27)39-20-34-36-30(39)35-29/h5-13,18-20,26H,14-17H2,1-4H3. The van der Waals surface area contributed by atoms with Crippen LogP contribution in [0.1, 0.15) is 33.6 Å². The summed E-state index contributed by atoms with van der Waals surface area (Å²) in [4.78, 5) is 21.0. The van der Waals surface area contributed by atoms with E-state index in [4.69, 9.17) is 26.1 Å². The average Bonchev–Trinajstić information content (AvgIpc) is 3.45. The Morgan fingerprint density at radius 3 is 2.50 bits per heavy atom. The summed E-state index contributed by atoms with van der Waals surface area (Å²) in [7, 11) is 1.99. The van der Waals surface area contributed by atoms with Crippen molar-refractivity contribution in [1.82, 2.24) is 24.5 Å². The van der Waals surface area contributed by atoms with Crippen molar-refractivity contribution < 1.29 is 14.3 Å². The smallest absolute Gasteiger partial charge is 0.410 e. The van der Waals surface area contributed by atoms with Crippen LogP contribution in [-0.4, -0.2) is 62.4 Å². The van der Waals surface area contributed by atoms with E-state index < -0.39 is 5.60 Å². The maximum absolute atomic E-state index is 12.4. The summed E-state index contributed by atoms with van der Waals surface area (Å²) in [5.41, 5.74) is 3.54. The summed E-state index contributed by atoms with van der Waals surface area (Å²) in [5.74, 6) is 2.09. The fourth-order valence-corrected chi connectivity index (χ4v) is 5.36. The molecule has 3 heterocycles. The molecule has 0 spiro atoms. The number of ether oxygens (including phenoxy) is 2. The predicted octanol–water partition coefficient (Wildman–Crippen LogP) is 7.14. The summed E-state index contributed by atoms with van der Waals surface area (Å²) >= 11 is 6.31. The van der Waals surface area contributed by atoms with Gasteiger partial charge in [-0.05, 0) is 74.4 Å². The summed E-state index contributed by atoms with van der Waals surface area (Å²) in [6.45, 7) is 6.90. The summed E-state index contributed by atoms with van der Waals surface area (Å²) in [6, 6.07) is 22.2. The molecule has 42 heavy (non-hydrogen) atoms. The highest BCUT2D eigenvalue weighted by molar-refractivity contribution is 6.31. The van der Waals surface area contributed by atoms with Gasteiger partial charge in [0.1, 0.15) is 29.6 Å². The van der Waals surface area contributed by atoms with Gasteiger partial charge in [0, 0.05) is 49.1 Å². The number of fused-ring (bicyclic) bond motifs is 3. The first-order chi connectivity index (χ1) is 20.1. The molecule has 5 aromatic rings. The SMILES string of the molecule is CN(c1cccc(-c2ccc(OC3CCN(C(=O)OC(C)(C)C)CC3)cc2)c1)c1nc2nncn2c2cc(Cl)ccc12. The first-order valence-corrected chi connectivity index (χ1v) is 14.4. The van der Waals surface area contributed by atoms with Crippen LogP contribution < -0.4 is 9.64 Å². The molecule has 0 atom stereocenters. The molecule has 216 valence electrons. The molecule has 6 rings (SSSR count). The minimum absolute atomic E-state index is 0.0614. The molecular formula is C32H33ClN6O3. The molecule has 1 aliphatic rings. The largest absolute Gasteiger partial charge is 0.490 e. The first-order valence-electron chi connectivity index (χ1n) is 14.0. The van der Waals surface area contributed by atoms with E-state index in [9.17, 15) is 4.79 Å². The van der Waals surface area contributed by atoms with Gasteiger partial charge in [-0.15, -0.1) is 10.2 Å². The molecule has 0 unspecified atom stereocenters. The molecule has 10 heteroatoms. The highest BCUT2D eigenvalue weighted by Crippen LogP contribution is 2.34. The number of piperidine rings is 1. The maximum atomic E-state index is 12.4. The molecule has 0 saturated carbocycles. The molecule has 9 nitrogen and oxygen atoms in total. The first kappa shape index (κ1) is 27.8. The van der Waals surface area contributed by atoms with Gasteiger partial charge < -0.3 is 19.3 Å². The molecule has 0 N–H and O–H groups in total. The molecule has 0 radical (unpaired) electrons. The second-order valence-corrected chi connectivity index (χ2v) is 12.0. The van der Waals surface area contributed by atoms with Crippen LogP contribution in [0.2, 0.25) is 5.02 Å². The van der Waals surface area contributed by atoms with Crippen molar-refractivity contribution in [2.45, 2.75) is 45.3 Å². The minimum atomic E-state index is -0.493. The van der Waals surface area contributed by atoms with Crippen LogP contribution in [-0.2, 0) is 4.74 Å². The van der Waals surface area contributed by atoms with Gasteiger partial charge in [0.25, 0.3) is 5.78 Å². The molecule has 1 saturated heterocycles. The van der Waals surface area contributed by atoms with Crippen molar-refractivity contribution in [2.75, 3.05) is 25.0 Å². The lowest BCUT2D eigenvalue weighted by Gasteiger charge is -2.33. The summed E-state index contributed by atoms with van der Waals surface area (Å²) < 4.78 is 13.6. The average molecular weight is 585 g/mol. The minimum Gasteiger partial charge on any atom is -0.490 e. The highest BCUT2D eigenvalue weighted by Gasteiger charge is 2.27. The topological polar surface area (TPSA) is 85.1 Å². The molecule has 1 fully saturated rings. The van der Waals surface area contributed by atoms with Gasteiger partial charge in [-0.3, -0.25) is 4.40 Å².